The van der Waals surface area contributed by atoms with Crippen molar-refractivity contribution in [1.82, 2.24) is 9.38 Å². The second kappa shape index (κ2) is 7.11. The highest BCUT2D eigenvalue weighted by Crippen LogP contribution is 2.22. The highest BCUT2D eigenvalue weighted by molar-refractivity contribution is 5.99. The van der Waals surface area contributed by atoms with E-state index in [9.17, 15) is 13.6 Å². The predicted octanol–water partition coefficient (Wildman–Crippen LogP) is 5.23. The van der Waals surface area contributed by atoms with Crippen LogP contribution in [0.25, 0.3) is 16.9 Å². The first-order valence-electron chi connectivity index (χ1n) is 8.56. The maximum atomic E-state index is 13.2. The van der Waals surface area contributed by atoms with Crippen LogP contribution in [0.15, 0.2) is 67.0 Å². The van der Waals surface area contributed by atoms with E-state index < -0.39 is 17.7 Å². The molecule has 0 bridgehead atoms. The van der Waals surface area contributed by atoms with Gasteiger partial charge in [0.1, 0.15) is 17.3 Å². The van der Waals surface area contributed by atoms with Crippen LogP contribution in [0, 0.1) is 18.6 Å². The molecule has 0 aliphatic carbocycles. The summed E-state index contributed by atoms with van der Waals surface area (Å²) in [7, 11) is 0. The van der Waals surface area contributed by atoms with E-state index in [-0.39, 0.29) is 5.69 Å². The molecular formula is C21H16F2N4O. The van der Waals surface area contributed by atoms with E-state index in [1.54, 1.807) is 12.1 Å². The van der Waals surface area contributed by atoms with E-state index in [4.69, 9.17) is 0 Å². The molecule has 0 spiro atoms. The number of aryl methyl sites for hydroxylation is 1. The number of carbonyl (C=O) groups is 1. The zero-order valence-corrected chi connectivity index (χ0v) is 14.9. The zero-order chi connectivity index (χ0) is 19.7. The highest BCUT2D eigenvalue weighted by Gasteiger charge is 2.08. The molecule has 0 saturated carbocycles. The molecule has 4 aromatic rings. The lowest BCUT2D eigenvalue weighted by molar-refractivity contribution is 0.262. The number of hydrogen-bond donors (Lipinski definition) is 2. The number of carbonyl (C=O) groups excluding carboxylic acids is 1. The highest BCUT2D eigenvalue weighted by atomic mass is 19.1. The Hall–Kier alpha value is -3.74. The average Bonchev–Trinajstić information content (AvgIpc) is 3.04. The molecule has 0 atom stereocenters. The number of hydrogen-bond acceptors (Lipinski definition) is 2. The molecule has 2 amide bonds. The van der Waals surface area contributed by atoms with Gasteiger partial charge < -0.3 is 15.0 Å². The van der Waals surface area contributed by atoms with Gasteiger partial charge in [-0.05, 0) is 48.9 Å². The molecule has 2 aromatic heterocycles. The summed E-state index contributed by atoms with van der Waals surface area (Å²) in [5, 5.41) is 5.02. The lowest BCUT2D eigenvalue weighted by Gasteiger charge is -2.08. The predicted molar refractivity (Wildman–Crippen MR) is 104 cm³/mol. The molecule has 4 rings (SSSR count). The number of fused-ring (bicyclic) bond motifs is 1. The second-order valence-corrected chi connectivity index (χ2v) is 6.41. The van der Waals surface area contributed by atoms with Crippen LogP contribution in [0.2, 0.25) is 0 Å². The number of nitrogens with zero attached hydrogens (tertiary/aromatic N) is 2. The minimum atomic E-state index is -0.762. The Balaban J connectivity index is 1.47. The van der Waals surface area contributed by atoms with Crippen LogP contribution in [0.5, 0.6) is 0 Å². The van der Waals surface area contributed by atoms with Crippen molar-refractivity contribution in [3.63, 3.8) is 0 Å². The number of nitrogens with one attached hydrogen (secondary N) is 2. The lowest BCUT2D eigenvalue weighted by atomic mass is 10.1. The third-order valence-electron chi connectivity index (χ3n) is 4.17. The molecule has 2 N–H and O–H groups in total. The SMILES string of the molecule is Cc1ccn2cc(-c3ccc(NC(=O)Nc4cc(F)cc(F)c4)cc3)nc2c1. The number of imidazole rings is 1. The fraction of sp³-hybridized carbons (Fsp3) is 0.0476. The molecule has 2 heterocycles. The fourth-order valence-corrected chi connectivity index (χ4v) is 2.87. The van der Waals surface area contributed by atoms with Gasteiger partial charge in [-0.25, -0.2) is 18.6 Å². The van der Waals surface area contributed by atoms with Crippen molar-refractivity contribution in [3.05, 3.63) is 84.2 Å². The Morgan fingerprint density at radius 3 is 2.32 bits per heavy atom. The first kappa shape index (κ1) is 17.7. The molecule has 0 aliphatic rings. The Morgan fingerprint density at radius 1 is 0.929 bits per heavy atom. The molecule has 28 heavy (non-hydrogen) atoms. The number of amides is 2. The van der Waals surface area contributed by atoms with Crippen LogP contribution in [0.1, 0.15) is 5.56 Å². The molecule has 2 aromatic carbocycles. The van der Waals surface area contributed by atoms with Crippen LogP contribution in [-0.2, 0) is 0 Å². The first-order valence-corrected chi connectivity index (χ1v) is 8.56. The molecule has 0 saturated heterocycles. The van der Waals surface area contributed by atoms with E-state index >= 15 is 0 Å². The summed E-state index contributed by atoms with van der Waals surface area (Å²) in [6.45, 7) is 2.01. The minimum Gasteiger partial charge on any atom is -0.308 e. The van der Waals surface area contributed by atoms with Gasteiger partial charge in [-0.3, -0.25) is 0 Å². The number of halogens is 2. The summed E-state index contributed by atoms with van der Waals surface area (Å²) < 4.78 is 28.3. The molecule has 0 unspecified atom stereocenters. The smallest absolute Gasteiger partial charge is 0.308 e. The van der Waals surface area contributed by atoms with Gasteiger partial charge in [0.15, 0.2) is 0 Å². The van der Waals surface area contributed by atoms with Gasteiger partial charge in [0.05, 0.1) is 5.69 Å². The Morgan fingerprint density at radius 2 is 1.61 bits per heavy atom. The van der Waals surface area contributed by atoms with Crippen LogP contribution < -0.4 is 10.6 Å². The molecule has 0 aliphatic heterocycles. The normalized spacial score (nSPS) is 10.8. The molecule has 0 radical (unpaired) electrons. The van der Waals surface area contributed by atoms with Crippen molar-refractivity contribution in [2.75, 3.05) is 10.6 Å². The van der Waals surface area contributed by atoms with Gasteiger partial charge in [0.25, 0.3) is 0 Å². The third kappa shape index (κ3) is 3.83. The number of anilines is 2. The maximum absolute atomic E-state index is 13.2. The summed E-state index contributed by atoms with van der Waals surface area (Å²) >= 11 is 0. The van der Waals surface area contributed by atoms with E-state index in [0.717, 1.165) is 40.7 Å². The van der Waals surface area contributed by atoms with E-state index in [2.05, 4.69) is 15.6 Å². The van der Waals surface area contributed by atoms with Gasteiger partial charge in [-0.1, -0.05) is 12.1 Å². The molecular weight excluding hydrogens is 362 g/mol. The summed E-state index contributed by atoms with van der Waals surface area (Å²) in [5.74, 6) is -1.52. The van der Waals surface area contributed by atoms with Gasteiger partial charge in [0, 0.05) is 35.4 Å². The summed E-state index contributed by atoms with van der Waals surface area (Å²) in [6, 6.07) is 13.4. The number of rotatable bonds is 3. The molecule has 0 fully saturated rings. The van der Waals surface area contributed by atoms with E-state index in [0.29, 0.717) is 5.69 Å². The monoisotopic (exact) mass is 378 g/mol. The Labute approximate surface area is 159 Å². The van der Waals surface area contributed by atoms with Crippen molar-refractivity contribution < 1.29 is 13.6 Å². The number of benzene rings is 2. The summed E-state index contributed by atoms with van der Waals surface area (Å²) in [5.41, 5.74) is 4.29. The van der Waals surface area contributed by atoms with Crippen molar-refractivity contribution in [2.45, 2.75) is 6.92 Å². The topological polar surface area (TPSA) is 58.4 Å². The summed E-state index contributed by atoms with van der Waals surface area (Å²) in [6.07, 6.45) is 3.89. The minimum absolute atomic E-state index is 0.0339. The number of aromatic nitrogens is 2. The van der Waals surface area contributed by atoms with Crippen molar-refractivity contribution in [3.8, 4) is 11.3 Å². The first-order chi connectivity index (χ1) is 13.5. The van der Waals surface area contributed by atoms with Crippen LogP contribution in [0.3, 0.4) is 0 Å². The Bertz CT molecular complexity index is 1150. The second-order valence-electron chi connectivity index (χ2n) is 6.41. The number of pyridine rings is 1. The molecule has 7 heteroatoms. The van der Waals surface area contributed by atoms with Crippen molar-refractivity contribution in [2.24, 2.45) is 0 Å². The molecule has 5 nitrogen and oxygen atoms in total. The quantitative estimate of drug-likeness (QED) is 0.513. The van der Waals surface area contributed by atoms with Gasteiger partial charge in [0.2, 0.25) is 0 Å². The summed E-state index contributed by atoms with van der Waals surface area (Å²) in [4.78, 5) is 16.6. The zero-order valence-electron chi connectivity index (χ0n) is 14.9. The third-order valence-corrected chi connectivity index (χ3v) is 4.17. The number of urea groups is 1. The largest absolute Gasteiger partial charge is 0.323 e. The van der Waals surface area contributed by atoms with Gasteiger partial charge in [-0.15, -0.1) is 0 Å². The lowest BCUT2D eigenvalue weighted by Crippen LogP contribution is -2.19. The van der Waals surface area contributed by atoms with Crippen LogP contribution >= 0.6 is 0 Å². The van der Waals surface area contributed by atoms with E-state index in [1.807, 2.05) is 48.0 Å². The van der Waals surface area contributed by atoms with Crippen molar-refractivity contribution in [1.29, 1.82) is 0 Å². The van der Waals surface area contributed by atoms with Crippen molar-refractivity contribution >= 4 is 23.1 Å². The molecule has 140 valence electrons. The standard InChI is InChI=1S/C21H16F2N4O/c1-13-6-7-27-12-19(26-20(27)8-13)14-2-4-17(5-3-14)24-21(28)25-18-10-15(22)9-16(23)11-18/h2-12H,1H3,(H2,24,25,28). The average molecular weight is 378 g/mol. The van der Waals surface area contributed by atoms with Crippen LogP contribution in [-0.4, -0.2) is 15.4 Å². The Kier molecular flexibility index (Phi) is 4.49. The van der Waals surface area contributed by atoms with Crippen LogP contribution in [0.4, 0.5) is 25.0 Å². The van der Waals surface area contributed by atoms with Gasteiger partial charge >= 0.3 is 6.03 Å². The maximum Gasteiger partial charge on any atom is 0.323 e. The fourth-order valence-electron chi connectivity index (χ4n) is 2.87. The van der Waals surface area contributed by atoms with E-state index in [1.165, 1.54) is 0 Å². The van der Waals surface area contributed by atoms with Gasteiger partial charge in [-0.2, -0.15) is 0 Å².